The Kier molecular flexibility index (Phi) is 4.83. The van der Waals surface area contributed by atoms with Gasteiger partial charge in [0.25, 0.3) is 0 Å². The molecule has 5 aromatic rings. The minimum atomic E-state index is 0.624. The molecular formula is C25H17ClN4. The topological polar surface area (TPSA) is 43.6 Å². The smallest absolute Gasteiger partial charge is 0.113 e. The highest BCUT2D eigenvalue weighted by Gasteiger charge is 2.12. The van der Waals surface area contributed by atoms with Crippen molar-refractivity contribution in [1.82, 2.24) is 20.0 Å². The van der Waals surface area contributed by atoms with Crippen LogP contribution in [0.4, 0.5) is 0 Å². The molecule has 0 spiro atoms. The van der Waals surface area contributed by atoms with Crippen LogP contribution < -0.4 is 0 Å². The summed E-state index contributed by atoms with van der Waals surface area (Å²) in [5.41, 5.74) is 6.37. The summed E-state index contributed by atoms with van der Waals surface area (Å²) < 4.78 is 1.70. The number of hydrogen-bond acceptors (Lipinski definition) is 3. The van der Waals surface area contributed by atoms with Gasteiger partial charge in [-0.2, -0.15) is 0 Å². The lowest BCUT2D eigenvalue weighted by Crippen LogP contribution is -1.95. The average Bonchev–Trinajstić information content (AvgIpc) is 3.30. The van der Waals surface area contributed by atoms with Crippen LogP contribution in [0.15, 0.2) is 103 Å². The van der Waals surface area contributed by atoms with E-state index in [1.165, 1.54) is 0 Å². The molecule has 0 saturated carbocycles. The summed E-state index contributed by atoms with van der Waals surface area (Å²) in [6, 6.07) is 31.9. The number of halogens is 1. The normalized spacial score (nSPS) is 10.8. The highest BCUT2D eigenvalue weighted by molar-refractivity contribution is 6.32. The van der Waals surface area contributed by atoms with E-state index >= 15 is 0 Å². The molecule has 30 heavy (non-hydrogen) atoms. The fraction of sp³-hybridized carbons (Fsp3) is 0. The van der Waals surface area contributed by atoms with Gasteiger partial charge >= 0.3 is 0 Å². The Labute approximate surface area is 179 Å². The number of rotatable bonds is 4. The van der Waals surface area contributed by atoms with Gasteiger partial charge in [-0.1, -0.05) is 89.6 Å². The minimum absolute atomic E-state index is 0.624. The highest BCUT2D eigenvalue weighted by atomic mass is 35.5. The molecule has 0 N–H and O–H groups in total. The molecule has 2 heterocycles. The summed E-state index contributed by atoms with van der Waals surface area (Å²) in [7, 11) is 0. The van der Waals surface area contributed by atoms with Crippen molar-refractivity contribution in [2.45, 2.75) is 0 Å². The fourth-order valence-electron chi connectivity index (χ4n) is 3.34. The Morgan fingerprint density at radius 1 is 0.600 bits per heavy atom. The van der Waals surface area contributed by atoms with Gasteiger partial charge in [-0.05, 0) is 24.3 Å². The lowest BCUT2D eigenvalue weighted by atomic mass is 10.0. The summed E-state index contributed by atoms with van der Waals surface area (Å²) in [6.07, 6.45) is 1.89. The maximum atomic E-state index is 6.33. The molecule has 0 aliphatic heterocycles. The van der Waals surface area contributed by atoms with Crippen LogP contribution in [0, 0.1) is 0 Å². The van der Waals surface area contributed by atoms with Crippen LogP contribution in [0.2, 0.25) is 5.02 Å². The molecule has 3 aromatic carbocycles. The van der Waals surface area contributed by atoms with E-state index in [2.05, 4.69) is 34.6 Å². The van der Waals surface area contributed by atoms with Crippen molar-refractivity contribution < 1.29 is 0 Å². The third-order valence-corrected chi connectivity index (χ3v) is 5.17. The van der Waals surface area contributed by atoms with Crippen LogP contribution >= 0.6 is 11.6 Å². The molecule has 0 amide bonds. The predicted octanol–water partition coefficient (Wildman–Crippen LogP) is 6.32. The number of aromatic nitrogens is 4. The van der Waals surface area contributed by atoms with Gasteiger partial charge in [-0.15, -0.1) is 5.10 Å². The van der Waals surface area contributed by atoms with Crippen molar-refractivity contribution in [3.63, 3.8) is 0 Å². The molecule has 4 nitrogen and oxygen atoms in total. The van der Waals surface area contributed by atoms with Gasteiger partial charge in [0, 0.05) is 16.7 Å². The quantitative estimate of drug-likeness (QED) is 0.349. The molecule has 5 rings (SSSR count). The average molecular weight is 409 g/mol. The molecule has 0 aliphatic rings. The highest BCUT2D eigenvalue weighted by Crippen LogP contribution is 2.30. The molecule has 0 aliphatic carbocycles. The van der Waals surface area contributed by atoms with Crippen molar-refractivity contribution in [1.29, 1.82) is 0 Å². The zero-order valence-corrected chi connectivity index (χ0v) is 16.7. The maximum absolute atomic E-state index is 6.33. The van der Waals surface area contributed by atoms with Crippen molar-refractivity contribution in [3.05, 3.63) is 108 Å². The maximum Gasteiger partial charge on any atom is 0.113 e. The van der Waals surface area contributed by atoms with Crippen molar-refractivity contribution in [2.75, 3.05) is 0 Å². The Bertz CT molecular complexity index is 1240. The Morgan fingerprint density at radius 2 is 1.17 bits per heavy atom. The van der Waals surface area contributed by atoms with E-state index in [-0.39, 0.29) is 0 Å². The van der Waals surface area contributed by atoms with Gasteiger partial charge < -0.3 is 0 Å². The zero-order valence-electron chi connectivity index (χ0n) is 16.0. The Balaban J connectivity index is 1.64. The zero-order chi connectivity index (χ0) is 20.3. The summed E-state index contributed by atoms with van der Waals surface area (Å²) in [5.74, 6) is 0. The van der Waals surface area contributed by atoms with Crippen LogP contribution in [-0.4, -0.2) is 20.0 Å². The van der Waals surface area contributed by atoms with Crippen molar-refractivity contribution in [3.8, 4) is 39.5 Å². The summed E-state index contributed by atoms with van der Waals surface area (Å²) >= 11 is 6.33. The Morgan fingerprint density at radius 3 is 1.77 bits per heavy atom. The third-order valence-electron chi connectivity index (χ3n) is 4.85. The number of hydrogen-bond donors (Lipinski definition) is 0. The third kappa shape index (κ3) is 3.61. The van der Waals surface area contributed by atoms with Crippen LogP contribution in [0.1, 0.15) is 0 Å². The molecule has 0 saturated heterocycles. The minimum Gasteiger partial charge on any atom is -0.248 e. The van der Waals surface area contributed by atoms with E-state index < -0.39 is 0 Å². The lowest BCUT2D eigenvalue weighted by Gasteiger charge is -2.08. The van der Waals surface area contributed by atoms with Crippen LogP contribution in [0.5, 0.6) is 0 Å². The van der Waals surface area contributed by atoms with E-state index in [4.69, 9.17) is 16.6 Å². The van der Waals surface area contributed by atoms with E-state index in [1.807, 2.05) is 79.0 Å². The van der Waals surface area contributed by atoms with Gasteiger partial charge in [0.1, 0.15) is 5.69 Å². The van der Waals surface area contributed by atoms with E-state index in [0.29, 0.717) is 5.02 Å². The molecular weight excluding hydrogens is 392 g/mol. The van der Waals surface area contributed by atoms with Crippen LogP contribution in [0.25, 0.3) is 39.5 Å². The van der Waals surface area contributed by atoms with Gasteiger partial charge in [0.15, 0.2) is 0 Å². The molecule has 144 valence electrons. The second-order valence-corrected chi connectivity index (χ2v) is 7.27. The molecule has 0 atom stereocenters. The van der Waals surface area contributed by atoms with E-state index in [9.17, 15) is 0 Å². The van der Waals surface area contributed by atoms with Crippen LogP contribution in [-0.2, 0) is 0 Å². The number of nitrogens with zero attached hydrogens (tertiary/aromatic N) is 4. The van der Waals surface area contributed by atoms with Crippen molar-refractivity contribution >= 4 is 11.6 Å². The second kappa shape index (κ2) is 7.93. The van der Waals surface area contributed by atoms with E-state index in [0.717, 1.165) is 39.5 Å². The molecule has 0 bridgehead atoms. The van der Waals surface area contributed by atoms with Crippen LogP contribution in [0.3, 0.4) is 0 Å². The number of benzene rings is 3. The summed E-state index contributed by atoms with van der Waals surface area (Å²) in [4.78, 5) is 4.90. The SMILES string of the molecule is Clc1ccccc1-n1cc(-c2cc(-c3ccccc3)nc(-c3ccccc3)c2)nn1. The fourth-order valence-corrected chi connectivity index (χ4v) is 3.57. The van der Waals surface area contributed by atoms with Gasteiger partial charge in [0.2, 0.25) is 0 Å². The van der Waals surface area contributed by atoms with Crippen molar-refractivity contribution in [2.24, 2.45) is 0 Å². The number of pyridine rings is 1. The largest absolute Gasteiger partial charge is 0.248 e. The lowest BCUT2D eigenvalue weighted by molar-refractivity contribution is 0.804. The van der Waals surface area contributed by atoms with Gasteiger partial charge in [0.05, 0.1) is 28.3 Å². The summed E-state index contributed by atoms with van der Waals surface area (Å²) in [6.45, 7) is 0. The summed E-state index contributed by atoms with van der Waals surface area (Å²) in [5, 5.41) is 9.31. The standard InChI is InChI=1S/C25H17ClN4/c26-21-13-7-8-14-25(21)30-17-24(28-29-30)20-15-22(18-9-3-1-4-10-18)27-23(16-20)19-11-5-2-6-12-19/h1-17H. The first-order valence-corrected chi connectivity index (χ1v) is 9.96. The predicted molar refractivity (Wildman–Crippen MR) is 120 cm³/mol. The molecule has 2 aromatic heterocycles. The first-order chi connectivity index (χ1) is 14.8. The molecule has 5 heteroatoms. The van der Waals surface area contributed by atoms with Gasteiger partial charge in [-0.25, -0.2) is 9.67 Å². The van der Waals surface area contributed by atoms with Gasteiger partial charge in [-0.3, -0.25) is 0 Å². The first-order valence-electron chi connectivity index (χ1n) is 9.58. The monoisotopic (exact) mass is 408 g/mol. The molecule has 0 fully saturated rings. The Hall–Kier alpha value is -3.76. The first kappa shape index (κ1) is 18.3. The molecule has 0 radical (unpaired) electrons. The van der Waals surface area contributed by atoms with E-state index in [1.54, 1.807) is 4.68 Å². The molecule has 0 unspecified atom stereocenters. The number of para-hydroxylation sites is 1. The second-order valence-electron chi connectivity index (χ2n) is 6.86.